The Kier molecular flexibility index (Phi) is 3.58. The minimum absolute atomic E-state index is 0.0264. The predicted octanol–water partition coefficient (Wildman–Crippen LogP) is 1.59. The number of methoxy groups -OCH3 is 1. The van der Waals surface area contributed by atoms with Crippen molar-refractivity contribution in [3.05, 3.63) is 40.2 Å². The first-order chi connectivity index (χ1) is 10.6. The summed E-state index contributed by atoms with van der Waals surface area (Å²) < 4.78 is 6.48. The zero-order valence-electron chi connectivity index (χ0n) is 11.9. The zero-order chi connectivity index (χ0) is 15.7. The van der Waals surface area contributed by atoms with Crippen LogP contribution in [0.15, 0.2) is 24.3 Å². The summed E-state index contributed by atoms with van der Waals surface area (Å²) in [6, 6.07) is 6.09. The van der Waals surface area contributed by atoms with Gasteiger partial charge in [-0.2, -0.15) is 5.10 Å². The fraction of sp³-hybridized carbons (Fsp3) is 0.357. The first-order valence-corrected chi connectivity index (χ1v) is 6.85. The van der Waals surface area contributed by atoms with E-state index >= 15 is 0 Å². The Labute approximate surface area is 125 Å². The van der Waals surface area contributed by atoms with Crippen LogP contribution >= 0.6 is 0 Å². The Hall–Kier alpha value is -2.77. The van der Waals surface area contributed by atoms with Crippen LogP contribution in [0.2, 0.25) is 0 Å². The summed E-state index contributed by atoms with van der Waals surface area (Å²) in [5, 5.41) is 15.1. The molecule has 8 heteroatoms. The summed E-state index contributed by atoms with van der Waals surface area (Å²) in [5.41, 5.74) is 0.737. The summed E-state index contributed by atoms with van der Waals surface area (Å²) in [7, 11) is 1.38. The van der Waals surface area contributed by atoms with Crippen LogP contribution in [0.4, 0.5) is 5.69 Å². The van der Waals surface area contributed by atoms with E-state index in [-0.39, 0.29) is 17.6 Å². The highest BCUT2D eigenvalue weighted by Crippen LogP contribution is 2.24. The number of ether oxygens (including phenoxy) is 1. The molecule has 0 N–H and O–H groups in total. The van der Waals surface area contributed by atoms with Gasteiger partial charge in [-0.3, -0.25) is 14.9 Å². The van der Waals surface area contributed by atoms with Crippen molar-refractivity contribution in [3.8, 4) is 11.4 Å². The number of aryl methyl sites for hydroxylation is 1. The van der Waals surface area contributed by atoms with E-state index in [4.69, 9.17) is 4.74 Å². The van der Waals surface area contributed by atoms with Gasteiger partial charge in [-0.05, 0) is 18.6 Å². The fourth-order valence-electron chi connectivity index (χ4n) is 2.52. The second kappa shape index (κ2) is 5.55. The number of fused-ring (bicyclic) bond motifs is 1. The normalized spacial score (nSPS) is 16.9. The maximum atomic E-state index is 11.6. The average molecular weight is 302 g/mol. The number of carbonyl (C=O) groups excluding carboxylic acids is 1. The van der Waals surface area contributed by atoms with Gasteiger partial charge < -0.3 is 4.74 Å². The van der Waals surface area contributed by atoms with E-state index in [0.717, 1.165) is 5.82 Å². The van der Waals surface area contributed by atoms with Crippen LogP contribution in [-0.4, -0.2) is 32.8 Å². The number of aromatic nitrogens is 3. The molecule has 0 spiro atoms. The molecule has 3 rings (SSSR count). The quantitative estimate of drug-likeness (QED) is 0.485. The molecular weight excluding hydrogens is 288 g/mol. The fourth-order valence-corrected chi connectivity index (χ4v) is 2.52. The van der Waals surface area contributed by atoms with Gasteiger partial charge in [0.25, 0.3) is 5.69 Å². The lowest BCUT2D eigenvalue weighted by Gasteiger charge is -2.19. The Morgan fingerprint density at radius 2 is 2.14 bits per heavy atom. The van der Waals surface area contributed by atoms with Gasteiger partial charge in [0.05, 0.1) is 24.5 Å². The van der Waals surface area contributed by atoms with Crippen molar-refractivity contribution in [1.82, 2.24) is 14.8 Å². The number of benzene rings is 1. The number of carbonyl (C=O) groups is 1. The largest absolute Gasteiger partial charge is 0.469 e. The number of hydrogen-bond donors (Lipinski definition) is 0. The molecule has 114 valence electrons. The van der Waals surface area contributed by atoms with Gasteiger partial charge in [-0.25, -0.2) is 9.67 Å². The van der Waals surface area contributed by atoms with Crippen molar-refractivity contribution in [1.29, 1.82) is 0 Å². The molecule has 0 fully saturated rings. The third-order valence-corrected chi connectivity index (χ3v) is 3.73. The molecule has 1 unspecified atom stereocenters. The van der Waals surface area contributed by atoms with Gasteiger partial charge in [-0.15, -0.1) is 0 Å². The van der Waals surface area contributed by atoms with Crippen LogP contribution in [-0.2, 0) is 22.5 Å². The van der Waals surface area contributed by atoms with E-state index in [9.17, 15) is 14.9 Å². The first kappa shape index (κ1) is 14.2. The number of non-ortho nitro benzene ring substituents is 1. The van der Waals surface area contributed by atoms with Crippen LogP contribution in [0.1, 0.15) is 12.2 Å². The van der Waals surface area contributed by atoms with Crippen molar-refractivity contribution in [2.45, 2.75) is 19.4 Å². The van der Waals surface area contributed by atoms with Crippen LogP contribution in [0, 0.1) is 16.0 Å². The summed E-state index contributed by atoms with van der Waals surface area (Å²) in [5.74, 6) is 0.880. The Balaban J connectivity index is 1.84. The Bertz CT molecular complexity index is 723. The van der Waals surface area contributed by atoms with Crippen LogP contribution in [0.25, 0.3) is 11.4 Å². The average Bonchev–Trinajstić information content (AvgIpc) is 2.97. The molecule has 22 heavy (non-hydrogen) atoms. The second-order valence-electron chi connectivity index (χ2n) is 5.10. The van der Waals surface area contributed by atoms with E-state index in [1.165, 1.54) is 19.2 Å². The maximum Gasteiger partial charge on any atom is 0.310 e. The molecule has 2 aromatic rings. The molecule has 8 nitrogen and oxygen atoms in total. The minimum atomic E-state index is -0.448. The van der Waals surface area contributed by atoms with Crippen LogP contribution in [0.3, 0.4) is 0 Å². The van der Waals surface area contributed by atoms with Crippen LogP contribution < -0.4 is 0 Å². The Morgan fingerprint density at radius 3 is 2.77 bits per heavy atom. The van der Waals surface area contributed by atoms with Gasteiger partial charge in [0, 0.05) is 24.1 Å². The number of rotatable bonds is 3. The maximum absolute atomic E-state index is 11.6. The van der Waals surface area contributed by atoms with E-state index in [2.05, 4.69) is 10.1 Å². The molecule has 1 atom stereocenters. The molecule has 2 heterocycles. The van der Waals surface area contributed by atoms with Crippen molar-refractivity contribution >= 4 is 11.7 Å². The predicted molar refractivity (Wildman–Crippen MR) is 75.9 cm³/mol. The summed E-state index contributed by atoms with van der Waals surface area (Å²) in [6.45, 7) is 0.446. The van der Waals surface area contributed by atoms with Gasteiger partial charge in [0.1, 0.15) is 5.82 Å². The standard InChI is InChI=1S/C14H14N4O4/c1-22-14(19)10-4-7-12-15-13(16-17(12)8-10)9-2-5-11(6-3-9)18(20)21/h2-3,5-6,10H,4,7-8H2,1H3. The van der Waals surface area contributed by atoms with Crippen molar-refractivity contribution in [3.63, 3.8) is 0 Å². The summed E-state index contributed by atoms with van der Waals surface area (Å²) >= 11 is 0. The molecule has 1 aromatic carbocycles. The number of nitrogens with zero attached hydrogens (tertiary/aromatic N) is 4. The summed E-state index contributed by atoms with van der Waals surface area (Å²) in [4.78, 5) is 26.3. The SMILES string of the molecule is COC(=O)C1CCc2nc(-c3ccc([N+](=O)[O-])cc3)nn2C1. The highest BCUT2D eigenvalue weighted by atomic mass is 16.6. The molecule has 0 radical (unpaired) electrons. The molecule has 0 saturated heterocycles. The third-order valence-electron chi connectivity index (χ3n) is 3.73. The smallest absolute Gasteiger partial charge is 0.310 e. The molecule has 0 bridgehead atoms. The molecule has 0 amide bonds. The highest BCUT2D eigenvalue weighted by Gasteiger charge is 2.27. The van der Waals surface area contributed by atoms with Crippen molar-refractivity contribution in [2.75, 3.05) is 7.11 Å². The first-order valence-electron chi connectivity index (χ1n) is 6.85. The topological polar surface area (TPSA) is 100 Å². The Morgan fingerprint density at radius 1 is 1.41 bits per heavy atom. The highest BCUT2D eigenvalue weighted by molar-refractivity contribution is 5.72. The molecule has 0 aliphatic carbocycles. The van der Waals surface area contributed by atoms with Crippen molar-refractivity contribution < 1.29 is 14.5 Å². The van der Waals surface area contributed by atoms with E-state index in [1.54, 1.807) is 16.8 Å². The van der Waals surface area contributed by atoms with E-state index < -0.39 is 4.92 Å². The molecule has 1 aliphatic heterocycles. The lowest BCUT2D eigenvalue weighted by Crippen LogP contribution is -2.28. The van der Waals surface area contributed by atoms with Gasteiger partial charge >= 0.3 is 5.97 Å². The lowest BCUT2D eigenvalue weighted by molar-refractivity contribution is -0.384. The zero-order valence-corrected chi connectivity index (χ0v) is 11.9. The number of hydrogen-bond acceptors (Lipinski definition) is 6. The van der Waals surface area contributed by atoms with Gasteiger partial charge in [-0.1, -0.05) is 0 Å². The van der Waals surface area contributed by atoms with E-state index in [0.29, 0.717) is 30.8 Å². The minimum Gasteiger partial charge on any atom is -0.469 e. The van der Waals surface area contributed by atoms with E-state index in [1.807, 2.05) is 0 Å². The second-order valence-corrected chi connectivity index (χ2v) is 5.10. The molecular formula is C14H14N4O4. The number of nitro groups is 1. The molecule has 1 aliphatic rings. The van der Waals surface area contributed by atoms with Crippen molar-refractivity contribution in [2.24, 2.45) is 5.92 Å². The van der Waals surface area contributed by atoms with Gasteiger partial charge in [0.2, 0.25) is 0 Å². The number of nitro benzene ring substituents is 1. The third kappa shape index (κ3) is 2.54. The lowest BCUT2D eigenvalue weighted by atomic mass is 10.0. The number of esters is 1. The monoisotopic (exact) mass is 302 g/mol. The molecule has 0 saturated carbocycles. The molecule has 1 aromatic heterocycles. The summed E-state index contributed by atoms with van der Waals surface area (Å²) in [6.07, 6.45) is 1.34. The van der Waals surface area contributed by atoms with Gasteiger partial charge in [0.15, 0.2) is 5.82 Å². The van der Waals surface area contributed by atoms with Crippen LogP contribution in [0.5, 0.6) is 0 Å².